The van der Waals surface area contributed by atoms with E-state index in [9.17, 15) is 4.79 Å². The second kappa shape index (κ2) is 3.89. The van der Waals surface area contributed by atoms with E-state index in [1.165, 1.54) is 0 Å². The molecule has 0 fully saturated rings. The fraction of sp³-hybridized carbons (Fsp3) is 0.250. The topological polar surface area (TPSA) is 65.5 Å². The zero-order valence-corrected chi connectivity index (χ0v) is 9.24. The first-order chi connectivity index (χ1) is 7.65. The molecule has 1 amide bonds. The lowest BCUT2D eigenvalue weighted by atomic mass is 10.1. The average molecular weight is 219 g/mol. The molecule has 0 aliphatic carbocycles. The average Bonchev–Trinajstić information content (AvgIpc) is 2.58. The number of amides is 1. The van der Waals surface area contributed by atoms with Crippen LogP contribution in [0.4, 0.5) is 0 Å². The molecule has 84 valence electrons. The second-order valence-electron chi connectivity index (χ2n) is 3.49. The van der Waals surface area contributed by atoms with Crippen molar-refractivity contribution in [3.63, 3.8) is 0 Å². The summed E-state index contributed by atoms with van der Waals surface area (Å²) in [6, 6.07) is 5.54. The molecule has 0 saturated carbocycles. The van der Waals surface area contributed by atoms with Crippen LogP contribution in [0.3, 0.4) is 0 Å². The molecule has 0 saturated heterocycles. The van der Waals surface area contributed by atoms with E-state index in [0.29, 0.717) is 17.9 Å². The number of aryl methyl sites for hydroxylation is 1. The number of primary amides is 1. The molecular weight excluding hydrogens is 206 g/mol. The van der Waals surface area contributed by atoms with Gasteiger partial charge in [0.15, 0.2) is 17.1 Å². The van der Waals surface area contributed by atoms with Gasteiger partial charge in [-0.05, 0) is 19.9 Å². The fourth-order valence-corrected chi connectivity index (χ4v) is 1.72. The summed E-state index contributed by atoms with van der Waals surface area (Å²) in [4.78, 5) is 11.1. The SMILES string of the molecule is CCOc1cccc2c(C)c(C(N)=O)oc12. The van der Waals surface area contributed by atoms with Crippen molar-refractivity contribution in [1.29, 1.82) is 0 Å². The number of ether oxygens (including phenoxy) is 1. The largest absolute Gasteiger partial charge is 0.490 e. The van der Waals surface area contributed by atoms with Crippen molar-refractivity contribution in [1.82, 2.24) is 0 Å². The van der Waals surface area contributed by atoms with Crippen molar-refractivity contribution in [2.75, 3.05) is 6.61 Å². The van der Waals surface area contributed by atoms with Crippen molar-refractivity contribution < 1.29 is 13.9 Å². The lowest BCUT2D eigenvalue weighted by Crippen LogP contribution is -2.10. The molecule has 1 aromatic carbocycles. The van der Waals surface area contributed by atoms with Gasteiger partial charge in [-0.2, -0.15) is 0 Å². The highest BCUT2D eigenvalue weighted by molar-refractivity contribution is 5.99. The smallest absolute Gasteiger partial charge is 0.284 e. The van der Waals surface area contributed by atoms with Crippen molar-refractivity contribution in [2.45, 2.75) is 13.8 Å². The molecule has 0 spiro atoms. The summed E-state index contributed by atoms with van der Waals surface area (Å²) >= 11 is 0. The predicted octanol–water partition coefficient (Wildman–Crippen LogP) is 2.24. The highest BCUT2D eigenvalue weighted by atomic mass is 16.5. The van der Waals surface area contributed by atoms with Crippen LogP contribution >= 0.6 is 0 Å². The standard InChI is InChI=1S/C12H13NO3/c1-3-15-9-6-4-5-8-7(2)10(12(13)14)16-11(8)9/h4-6H,3H2,1-2H3,(H2,13,14). The molecule has 0 radical (unpaired) electrons. The molecule has 2 aromatic rings. The van der Waals surface area contributed by atoms with Crippen molar-refractivity contribution in [3.8, 4) is 5.75 Å². The van der Waals surface area contributed by atoms with Crippen molar-refractivity contribution in [2.24, 2.45) is 5.73 Å². The molecule has 0 atom stereocenters. The molecule has 0 aliphatic rings. The zero-order chi connectivity index (χ0) is 11.7. The maximum absolute atomic E-state index is 11.1. The monoisotopic (exact) mass is 219 g/mol. The first kappa shape index (κ1) is 10.5. The number of nitrogens with two attached hydrogens (primary N) is 1. The number of carbonyl (C=O) groups excluding carboxylic acids is 1. The maximum atomic E-state index is 11.1. The Kier molecular flexibility index (Phi) is 2.56. The Bertz CT molecular complexity index is 542. The van der Waals surface area contributed by atoms with E-state index in [-0.39, 0.29) is 5.76 Å². The molecule has 0 unspecified atom stereocenters. The van der Waals surface area contributed by atoms with Crippen LogP contribution in [0.1, 0.15) is 23.0 Å². The van der Waals surface area contributed by atoms with Crippen molar-refractivity contribution in [3.05, 3.63) is 29.5 Å². The summed E-state index contributed by atoms with van der Waals surface area (Å²) < 4.78 is 10.9. The quantitative estimate of drug-likeness (QED) is 0.860. The van der Waals surface area contributed by atoms with Gasteiger partial charge in [-0.25, -0.2) is 0 Å². The molecule has 4 nitrogen and oxygen atoms in total. The number of benzene rings is 1. The number of furan rings is 1. The van der Waals surface area contributed by atoms with E-state index in [0.717, 1.165) is 10.9 Å². The van der Waals surface area contributed by atoms with Gasteiger partial charge in [0, 0.05) is 10.9 Å². The summed E-state index contributed by atoms with van der Waals surface area (Å²) in [5, 5.41) is 0.861. The van der Waals surface area contributed by atoms with Gasteiger partial charge in [-0.3, -0.25) is 4.79 Å². The highest BCUT2D eigenvalue weighted by Crippen LogP contribution is 2.32. The summed E-state index contributed by atoms with van der Waals surface area (Å²) in [7, 11) is 0. The number of hydrogen-bond donors (Lipinski definition) is 1. The molecule has 1 aromatic heterocycles. The highest BCUT2D eigenvalue weighted by Gasteiger charge is 2.17. The van der Waals surface area contributed by atoms with E-state index in [2.05, 4.69) is 0 Å². The lowest BCUT2D eigenvalue weighted by Gasteiger charge is -2.02. The molecule has 16 heavy (non-hydrogen) atoms. The molecule has 1 heterocycles. The van der Waals surface area contributed by atoms with Crippen LogP contribution < -0.4 is 10.5 Å². The van der Waals surface area contributed by atoms with Gasteiger partial charge >= 0.3 is 0 Å². The van der Waals surface area contributed by atoms with Crippen LogP contribution in [0, 0.1) is 6.92 Å². The van der Waals surface area contributed by atoms with Gasteiger partial charge in [0.25, 0.3) is 5.91 Å². The Morgan fingerprint density at radius 1 is 1.50 bits per heavy atom. The predicted molar refractivity (Wildman–Crippen MR) is 60.6 cm³/mol. The van der Waals surface area contributed by atoms with Gasteiger partial charge in [-0.15, -0.1) is 0 Å². The minimum atomic E-state index is -0.559. The number of carbonyl (C=O) groups is 1. The normalized spacial score (nSPS) is 10.6. The van der Waals surface area contributed by atoms with Gasteiger partial charge < -0.3 is 14.9 Å². The number of para-hydroxylation sites is 1. The van der Waals surface area contributed by atoms with Gasteiger partial charge in [0.05, 0.1) is 6.61 Å². The Morgan fingerprint density at radius 3 is 2.88 bits per heavy atom. The summed E-state index contributed by atoms with van der Waals surface area (Å²) in [6.07, 6.45) is 0. The van der Waals surface area contributed by atoms with Crippen LogP contribution in [0.5, 0.6) is 5.75 Å². The van der Waals surface area contributed by atoms with E-state index >= 15 is 0 Å². The van der Waals surface area contributed by atoms with Crippen LogP contribution in [-0.4, -0.2) is 12.5 Å². The first-order valence-corrected chi connectivity index (χ1v) is 5.09. The second-order valence-corrected chi connectivity index (χ2v) is 3.49. The summed E-state index contributed by atoms with van der Waals surface area (Å²) in [6.45, 7) is 4.25. The van der Waals surface area contributed by atoms with Gasteiger partial charge in [0.1, 0.15) is 0 Å². The third-order valence-corrected chi connectivity index (χ3v) is 2.45. The van der Waals surface area contributed by atoms with Gasteiger partial charge in [0.2, 0.25) is 0 Å². The van der Waals surface area contributed by atoms with Crippen LogP contribution in [-0.2, 0) is 0 Å². The number of fused-ring (bicyclic) bond motifs is 1. The van der Waals surface area contributed by atoms with Crippen LogP contribution in [0.25, 0.3) is 11.0 Å². The van der Waals surface area contributed by atoms with Crippen LogP contribution in [0.2, 0.25) is 0 Å². The molecule has 0 bridgehead atoms. The van der Waals surface area contributed by atoms with E-state index in [1.807, 2.05) is 26.0 Å². The third-order valence-electron chi connectivity index (χ3n) is 2.45. The Hall–Kier alpha value is -1.97. The summed E-state index contributed by atoms with van der Waals surface area (Å²) in [5.74, 6) is 0.272. The Labute approximate surface area is 93.0 Å². The minimum absolute atomic E-state index is 0.196. The molecule has 0 aliphatic heterocycles. The Balaban J connectivity index is 2.70. The molecular formula is C12H13NO3. The molecule has 2 N–H and O–H groups in total. The first-order valence-electron chi connectivity index (χ1n) is 5.09. The van der Waals surface area contributed by atoms with Gasteiger partial charge in [-0.1, -0.05) is 12.1 Å². The number of hydrogen-bond acceptors (Lipinski definition) is 3. The molecule has 2 rings (SSSR count). The van der Waals surface area contributed by atoms with Crippen molar-refractivity contribution >= 4 is 16.9 Å². The minimum Gasteiger partial charge on any atom is -0.490 e. The fourth-order valence-electron chi connectivity index (χ4n) is 1.72. The molecule has 4 heteroatoms. The van der Waals surface area contributed by atoms with E-state index in [1.54, 1.807) is 6.07 Å². The zero-order valence-electron chi connectivity index (χ0n) is 9.24. The Morgan fingerprint density at radius 2 is 2.25 bits per heavy atom. The maximum Gasteiger partial charge on any atom is 0.284 e. The third kappa shape index (κ3) is 1.52. The lowest BCUT2D eigenvalue weighted by molar-refractivity contribution is 0.0975. The van der Waals surface area contributed by atoms with E-state index in [4.69, 9.17) is 14.9 Å². The summed E-state index contributed by atoms with van der Waals surface area (Å²) in [5.41, 5.74) is 6.56. The van der Waals surface area contributed by atoms with E-state index < -0.39 is 5.91 Å². The van der Waals surface area contributed by atoms with Crippen LogP contribution in [0.15, 0.2) is 22.6 Å². The number of rotatable bonds is 3.